The van der Waals surface area contributed by atoms with Crippen LogP contribution in [0.2, 0.25) is 5.02 Å². The van der Waals surface area contributed by atoms with Crippen molar-refractivity contribution in [2.75, 3.05) is 0 Å². The second kappa shape index (κ2) is 6.03. The molecule has 4 nitrogen and oxygen atoms in total. The van der Waals surface area contributed by atoms with Crippen molar-refractivity contribution in [3.05, 3.63) is 81.1 Å². The number of para-hydroxylation sites is 1. The highest BCUT2D eigenvalue weighted by molar-refractivity contribution is 6.33. The maximum absolute atomic E-state index is 12.0. The monoisotopic (exact) mass is 313 g/mol. The number of carbonyl (C=O) groups excluding carboxylic acids is 1. The van der Waals surface area contributed by atoms with Gasteiger partial charge in [-0.1, -0.05) is 41.9 Å². The Balaban J connectivity index is 1.82. The van der Waals surface area contributed by atoms with Crippen molar-refractivity contribution in [3.8, 4) is 0 Å². The van der Waals surface area contributed by atoms with E-state index in [1.165, 1.54) is 0 Å². The lowest BCUT2D eigenvalue weighted by atomic mass is 10.1. The fourth-order valence-electron chi connectivity index (χ4n) is 2.15. The van der Waals surface area contributed by atoms with Gasteiger partial charge in [0, 0.05) is 5.52 Å². The quantitative estimate of drug-likeness (QED) is 0.752. The van der Waals surface area contributed by atoms with Crippen molar-refractivity contribution in [1.82, 2.24) is 4.98 Å². The second-order valence-corrected chi connectivity index (χ2v) is 5.17. The van der Waals surface area contributed by atoms with E-state index in [1.54, 1.807) is 30.3 Å². The van der Waals surface area contributed by atoms with Crippen molar-refractivity contribution in [2.45, 2.75) is 6.61 Å². The highest BCUT2D eigenvalue weighted by Crippen LogP contribution is 2.17. The molecule has 0 atom stereocenters. The minimum atomic E-state index is -0.557. The molecule has 1 N–H and O–H groups in total. The molecule has 1 aromatic heterocycles. The Labute approximate surface area is 131 Å². The number of benzene rings is 2. The Hall–Kier alpha value is -2.59. The summed E-state index contributed by atoms with van der Waals surface area (Å²) in [7, 11) is 0. The van der Waals surface area contributed by atoms with Crippen molar-refractivity contribution in [3.63, 3.8) is 0 Å². The van der Waals surface area contributed by atoms with Crippen LogP contribution >= 0.6 is 11.6 Å². The van der Waals surface area contributed by atoms with Crippen LogP contribution < -0.4 is 5.56 Å². The number of ether oxygens (including phenoxy) is 1. The van der Waals surface area contributed by atoms with E-state index in [1.807, 2.05) is 24.3 Å². The molecule has 0 amide bonds. The number of nitrogens with one attached hydrogen (secondary N) is 1. The molecule has 3 rings (SSSR count). The Morgan fingerprint density at radius 1 is 1.09 bits per heavy atom. The Morgan fingerprint density at radius 3 is 2.64 bits per heavy atom. The topological polar surface area (TPSA) is 59.2 Å². The van der Waals surface area contributed by atoms with Gasteiger partial charge in [0.15, 0.2) is 0 Å². The third kappa shape index (κ3) is 2.87. The largest absolute Gasteiger partial charge is 0.457 e. The molecule has 22 heavy (non-hydrogen) atoms. The number of H-pyrrole nitrogens is 1. The molecule has 0 unspecified atom stereocenters. The molecule has 0 radical (unpaired) electrons. The van der Waals surface area contributed by atoms with Crippen LogP contribution in [0.3, 0.4) is 0 Å². The van der Waals surface area contributed by atoms with E-state index in [-0.39, 0.29) is 17.7 Å². The van der Waals surface area contributed by atoms with Crippen molar-refractivity contribution >= 4 is 28.5 Å². The highest BCUT2D eigenvalue weighted by atomic mass is 35.5. The summed E-state index contributed by atoms with van der Waals surface area (Å²) < 4.78 is 5.18. The minimum Gasteiger partial charge on any atom is -0.457 e. The first-order valence-electron chi connectivity index (χ1n) is 6.68. The molecule has 1 heterocycles. The van der Waals surface area contributed by atoms with Crippen LogP contribution in [0.15, 0.2) is 59.4 Å². The van der Waals surface area contributed by atoms with Gasteiger partial charge in [-0.3, -0.25) is 4.79 Å². The number of fused-ring (bicyclic) bond motifs is 1. The summed E-state index contributed by atoms with van der Waals surface area (Å²) in [6.45, 7) is -0.107. The van der Waals surface area contributed by atoms with Crippen molar-refractivity contribution in [1.29, 1.82) is 0 Å². The van der Waals surface area contributed by atoms with Crippen LogP contribution in [-0.4, -0.2) is 11.0 Å². The number of carbonyl (C=O) groups is 1. The number of hydrogen-bond donors (Lipinski definition) is 1. The SMILES string of the molecule is O=C(OCc1cc2ccccc2[nH]c1=O)c1ccccc1Cl. The van der Waals surface area contributed by atoms with Crippen LogP contribution in [0.1, 0.15) is 15.9 Å². The van der Waals surface area contributed by atoms with Crippen LogP contribution in [-0.2, 0) is 11.3 Å². The van der Waals surface area contributed by atoms with Gasteiger partial charge in [-0.25, -0.2) is 4.79 Å². The van der Waals surface area contributed by atoms with Gasteiger partial charge >= 0.3 is 5.97 Å². The molecule has 0 spiro atoms. The molecule has 5 heteroatoms. The highest BCUT2D eigenvalue weighted by Gasteiger charge is 2.12. The van der Waals surface area contributed by atoms with Gasteiger partial charge in [-0.15, -0.1) is 0 Å². The number of aromatic nitrogens is 1. The molecule has 0 aliphatic carbocycles. The lowest BCUT2D eigenvalue weighted by molar-refractivity contribution is 0.0471. The van der Waals surface area contributed by atoms with Gasteiger partial charge in [0.05, 0.1) is 16.1 Å². The first-order chi connectivity index (χ1) is 10.6. The predicted octanol–water partition coefficient (Wildman–Crippen LogP) is 3.54. The van der Waals surface area contributed by atoms with E-state index < -0.39 is 5.97 Å². The molecular formula is C17H12ClNO3. The summed E-state index contributed by atoms with van der Waals surface area (Å²) in [4.78, 5) is 26.7. The second-order valence-electron chi connectivity index (χ2n) is 4.77. The summed E-state index contributed by atoms with van der Waals surface area (Å²) in [6, 6.07) is 15.7. The van der Waals surface area contributed by atoms with E-state index in [2.05, 4.69) is 4.98 Å². The lowest BCUT2D eigenvalue weighted by Crippen LogP contribution is -2.15. The zero-order valence-electron chi connectivity index (χ0n) is 11.5. The van der Waals surface area contributed by atoms with E-state index in [0.29, 0.717) is 10.6 Å². The minimum absolute atomic E-state index is 0.107. The number of pyridine rings is 1. The van der Waals surface area contributed by atoms with Crippen molar-refractivity contribution < 1.29 is 9.53 Å². The average Bonchev–Trinajstić information content (AvgIpc) is 2.53. The Bertz CT molecular complexity index is 902. The van der Waals surface area contributed by atoms with Gasteiger partial charge in [-0.2, -0.15) is 0 Å². The number of esters is 1. The van der Waals surface area contributed by atoms with Gasteiger partial charge in [0.2, 0.25) is 0 Å². The molecule has 110 valence electrons. The number of hydrogen-bond acceptors (Lipinski definition) is 3. The summed E-state index contributed by atoms with van der Waals surface area (Å²) in [5.74, 6) is -0.557. The molecular weight excluding hydrogens is 302 g/mol. The number of halogens is 1. The normalized spacial score (nSPS) is 10.6. The molecule has 0 aliphatic rings. The molecule has 2 aromatic carbocycles. The first-order valence-corrected chi connectivity index (χ1v) is 7.05. The molecule has 0 saturated heterocycles. The summed E-state index contributed by atoms with van der Waals surface area (Å²) in [5.41, 5.74) is 1.14. The van der Waals surface area contributed by atoms with E-state index in [9.17, 15) is 9.59 Å². The first kappa shape index (κ1) is 14.4. The number of aromatic amines is 1. The lowest BCUT2D eigenvalue weighted by Gasteiger charge is -2.06. The van der Waals surface area contributed by atoms with Crippen LogP contribution in [0, 0.1) is 0 Å². The fraction of sp³-hybridized carbons (Fsp3) is 0.0588. The van der Waals surface area contributed by atoms with Gasteiger partial charge in [-0.05, 0) is 29.7 Å². The van der Waals surface area contributed by atoms with Gasteiger partial charge < -0.3 is 9.72 Å². The zero-order chi connectivity index (χ0) is 15.5. The third-order valence-electron chi connectivity index (χ3n) is 3.28. The fourth-order valence-corrected chi connectivity index (χ4v) is 2.36. The van der Waals surface area contributed by atoms with Crippen LogP contribution in [0.25, 0.3) is 10.9 Å². The molecule has 3 aromatic rings. The molecule has 0 bridgehead atoms. The summed E-state index contributed by atoms with van der Waals surface area (Å²) >= 11 is 5.94. The Kier molecular flexibility index (Phi) is 3.94. The summed E-state index contributed by atoms with van der Waals surface area (Å²) in [6.07, 6.45) is 0. The Morgan fingerprint density at radius 2 is 1.82 bits per heavy atom. The molecule has 0 aliphatic heterocycles. The van der Waals surface area contributed by atoms with E-state index >= 15 is 0 Å². The van der Waals surface area contributed by atoms with Crippen LogP contribution in [0.5, 0.6) is 0 Å². The average molecular weight is 314 g/mol. The third-order valence-corrected chi connectivity index (χ3v) is 3.61. The maximum atomic E-state index is 12.0. The summed E-state index contributed by atoms with van der Waals surface area (Å²) in [5, 5.41) is 1.20. The van der Waals surface area contributed by atoms with Crippen molar-refractivity contribution in [2.24, 2.45) is 0 Å². The van der Waals surface area contributed by atoms with E-state index in [0.717, 1.165) is 10.9 Å². The van der Waals surface area contributed by atoms with Crippen LogP contribution in [0.4, 0.5) is 0 Å². The van der Waals surface area contributed by atoms with E-state index in [4.69, 9.17) is 16.3 Å². The standard InChI is InChI=1S/C17H12ClNO3/c18-14-7-3-2-6-13(14)17(21)22-10-12-9-11-5-1-4-8-15(11)19-16(12)20/h1-9H,10H2,(H,19,20). The van der Waals surface area contributed by atoms with Gasteiger partial charge in [0.1, 0.15) is 6.61 Å². The smallest absolute Gasteiger partial charge is 0.339 e. The predicted molar refractivity (Wildman–Crippen MR) is 85.1 cm³/mol. The zero-order valence-corrected chi connectivity index (χ0v) is 12.3. The maximum Gasteiger partial charge on any atom is 0.339 e. The van der Waals surface area contributed by atoms with Gasteiger partial charge in [0.25, 0.3) is 5.56 Å². The molecule has 0 saturated carbocycles. The molecule has 0 fully saturated rings. The number of rotatable bonds is 3.